The van der Waals surface area contributed by atoms with Crippen LogP contribution in [0.15, 0.2) is 0 Å². The van der Waals surface area contributed by atoms with E-state index in [0.717, 1.165) is 6.42 Å². The van der Waals surface area contributed by atoms with E-state index in [2.05, 4.69) is 0 Å². The van der Waals surface area contributed by atoms with Gasteiger partial charge in [-0.3, -0.25) is 4.79 Å². The van der Waals surface area contributed by atoms with Crippen LogP contribution >= 0.6 is 11.8 Å². The summed E-state index contributed by atoms with van der Waals surface area (Å²) in [5.41, 5.74) is 0. The van der Waals surface area contributed by atoms with Crippen molar-refractivity contribution >= 4 is 17.7 Å². The zero-order valence-corrected chi connectivity index (χ0v) is 8.13. The van der Waals surface area contributed by atoms with Crippen LogP contribution in [0, 0.1) is 0 Å². The molecular weight excluding hydrogens is 176 g/mol. The number of rotatable bonds is 3. The third-order valence-electron chi connectivity index (χ3n) is 1.95. The summed E-state index contributed by atoms with van der Waals surface area (Å²) in [7, 11) is 0. The smallest absolute Gasteiger partial charge is 0.319 e. The average Bonchev–Trinajstić information content (AvgIpc) is 2.36. The van der Waals surface area contributed by atoms with Crippen molar-refractivity contribution in [2.75, 3.05) is 6.61 Å². The van der Waals surface area contributed by atoms with Gasteiger partial charge in [0.15, 0.2) is 0 Å². The number of carbonyl (C=O) groups excluding carboxylic acids is 1. The summed E-state index contributed by atoms with van der Waals surface area (Å²) < 4.78 is 4.80. The van der Waals surface area contributed by atoms with Gasteiger partial charge in [-0.2, -0.15) is 0 Å². The van der Waals surface area contributed by atoms with Crippen LogP contribution in [0.1, 0.15) is 20.3 Å². The fraction of sp³-hybridized carbons (Fsp3) is 0.875. The van der Waals surface area contributed by atoms with Gasteiger partial charge < -0.3 is 9.84 Å². The fourth-order valence-electron chi connectivity index (χ4n) is 0.974. The number of aliphatic hydroxyl groups is 1. The Morgan fingerprint density at radius 2 is 2.33 bits per heavy atom. The van der Waals surface area contributed by atoms with Crippen molar-refractivity contribution in [1.82, 2.24) is 0 Å². The third-order valence-corrected chi connectivity index (χ3v) is 3.53. The van der Waals surface area contributed by atoms with Crippen molar-refractivity contribution in [3.8, 4) is 0 Å². The highest BCUT2D eigenvalue weighted by Gasteiger charge is 2.29. The van der Waals surface area contributed by atoms with Crippen LogP contribution in [0.5, 0.6) is 0 Å². The minimum Gasteiger partial charge on any atom is -0.465 e. The van der Waals surface area contributed by atoms with Crippen LogP contribution in [0.25, 0.3) is 0 Å². The molecule has 1 rings (SSSR count). The molecule has 0 aromatic rings. The number of hydrogen-bond donors (Lipinski definition) is 1. The Labute approximate surface area is 76.5 Å². The van der Waals surface area contributed by atoms with Crippen molar-refractivity contribution in [3.05, 3.63) is 0 Å². The van der Waals surface area contributed by atoms with Gasteiger partial charge in [0.2, 0.25) is 0 Å². The van der Waals surface area contributed by atoms with Crippen molar-refractivity contribution in [2.24, 2.45) is 0 Å². The van der Waals surface area contributed by atoms with Gasteiger partial charge in [0.05, 0.1) is 12.7 Å². The Bertz CT molecular complexity index is 170. The van der Waals surface area contributed by atoms with Gasteiger partial charge in [-0.25, -0.2) is 0 Å². The molecule has 1 heterocycles. The van der Waals surface area contributed by atoms with Gasteiger partial charge in [-0.05, 0) is 6.92 Å². The van der Waals surface area contributed by atoms with E-state index < -0.39 is 0 Å². The highest BCUT2D eigenvalue weighted by Crippen LogP contribution is 2.27. The molecule has 4 heteroatoms. The van der Waals surface area contributed by atoms with E-state index in [9.17, 15) is 9.90 Å². The van der Waals surface area contributed by atoms with Crippen molar-refractivity contribution in [1.29, 1.82) is 0 Å². The monoisotopic (exact) mass is 190 g/mol. The van der Waals surface area contributed by atoms with E-state index in [-0.39, 0.29) is 22.6 Å². The number of hydrogen-bond acceptors (Lipinski definition) is 4. The van der Waals surface area contributed by atoms with E-state index in [1.807, 2.05) is 6.92 Å². The topological polar surface area (TPSA) is 46.5 Å². The zero-order valence-electron chi connectivity index (χ0n) is 7.32. The lowest BCUT2D eigenvalue weighted by Gasteiger charge is -2.15. The zero-order chi connectivity index (χ0) is 9.14. The first-order valence-corrected chi connectivity index (χ1v) is 5.05. The molecule has 1 fully saturated rings. The van der Waals surface area contributed by atoms with E-state index in [4.69, 9.17) is 4.74 Å². The van der Waals surface area contributed by atoms with Gasteiger partial charge in [0.25, 0.3) is 0 Å². The molecular formula is C8H14O3S. The number of aliphatic hydroxyl groups excluding tert-OH is 1. The van der Waals surface area contributed by atoms with E-state index in [0.29, 0.717) is 6.61 Å². The Kier molecular flexibility index (Phi) is 3.40. The first-order chi connectivity index (χ1) is 5.61. The minimum absolute atomic E-state index is 0.0606. The number of ether oxygens (including phenoxy) is 1. The molecule has 3 atom stereocenters. The lowest BCUT2D eigenvalue weighted by molar-refractivity contribution is -0.137. The SMILES string of the molecule is CC(O)C(C)SC1CCOC1=O. The molecule has 0 bridgehead atoms. The lowest BCUT2D eigenvalue weighted by atomic mass is 10.3. The van der Waals surface area contributed by atoms with E-state index in [1.54, 1.807) is 6.92 Å². The summed E-state index contributed by atoms with van der Waals surface area (Å²) in [6.07, 6.45) is 0.406. The maximum atomic E-state index is 11.0. The highest BCUT2D eigenvalue weighted by atomic mass is 32.2. The number of cyclic esters (lactones) is 1. The predicted octanol–water partition coefficient (Wildman–Crippen LogP) is 0.804. The largest absolute Gasteiger partial charge is 0.465 e. The van der Waals surface area contributed by atoms with Gasteiger partial charge in [-0.1, -0.05) is 6.92 Å². The quantitative estimate of drug-likeness (QED) is 0.669. The van der Waals surface area contributed by atoms with Crippen molar-refractivity contribution in [2.45, 2.75) is 36.9 Å². The maximum Gasteiger partial charge on any atom is 0.319 e. The molecule has 1 aliphatic rings. The molecule has 0 saturated carbocycles. The Balaban J connectivity index is 2.35. The summed E-state index contributed by atoms with van der Waals surface area (Å²) in [6, 6.07) is 0. The molecule has 0 amide bonds. The van der Waals surface area contributed by atoms with Gasteiger partial charge in [0.1, 0.15) is 5.25 Å². The van der Waals surface area contributed by atoms with E-state index in [1.165, 1.54) is 11.8 Å². The van der Waals surface area contributed by atoms with Gasteiger partial charge in [0, 0.05) is 11.7 Å². The van der Waals surface area contributed by atoms with Crippen LogP contribution in [0.3, 0.4) is 0 Å². The lowest BCUT2D eigenvalue weighted by Crippen LogP contribution is -2.21. The van der Waals surface area contributed by atoms with Crippen LogP contribution in [0.4, 0.5) is 0 Å². The summed E-state index contributed by atoms with van der Waals surface area (Å²) in [6.45, 7) is 4.18. The molecule has 1 saturated heterocycles. The fourth-order valence-corrected chi connectivity index (χ4v) is 2.13. The highest BCUT2D eigenvalue weighted by molar-refractivity contribution is 8.01. The molecule has 3 unspecified atom stereocenters. The van der Waals surface area contributed by atoms with Gasteiger partial charge in [-0.15, -0.1) is 11.8 Å². The molecule has 0 aromatic carbocycles. The molecule has 70 valence electrons. The van der Waals surface area contributed by atoms with E-state index >= 15 is 0 Å². The molecule has 1 N–H and O–H groups in total. The predicted molar refractivity (Wildman–Crippen MR) is 48.1 cm³/mol. The molecule has 0 aromatic heterocycles. The van der Waals surface area contributed by atoms with Crippen LogP contribution in [-0.4, -0.2) is 34.3 Å². The van der Waals surface area contributed by atoms with Crippen molar-refractivity contribution < 1.29 is 14.6 Å². The second-order valence-electron chi connectivity index (χ2n) is 3.03. The second kappa shape index (κ2) is 4.14. The molecule has 0 spiro atoms. The Morgan fingerprint density at radius 3 is 2.75 bits per heavy atom. The van der Waals surface area contributed by atoms with Crippen LogP contribution in [0.2, 0.25) is 0 Å². The molecule has 0 radical (unpaired) electrons. The third kappa shape index (κ3) is 2.38. The maximum absolute atomic E-state index is 11.0. The van der Waals surface area contributed by atoms with Crippen LogP contribution < -0.4 is 0 Å². The molecule has 0 aliphatic carbocycles. The standard InChI is InChI=1S/C8H14O3S/c1-5(9)6(2)12-7-3-4-11-8(7)10/h5-7,9H,3-4H2,1-2H3. The summed E-state index contributed by atoms with van der Waals surface area (Å²) >= 11 is 1.50. The number of thioether (sulfide) groups is 1. The first-order valence-electron chi connectivity index (χ1n) is 4.11. The molecule has 1 aliphatic heterocycles. The normalized spacial score (nSPS) is 28.2. The molecule has 3 nitrogen and oxygen atoms in total. The van der Waals surface area contributed by atoms with Crippen LogP contribution in [-0.2, 0) is 9.53 Å². The second-order valence-corrected chi connectivity index (χ2v) is 4.61. The summed E-state index contributed by atoms with van der Waals surface area (Å²) in [5, 5.41) is 9.23. The number of esters is 1. The Hall–Kier alpha value is -0.220. The summed E-state index contributed by atoms with van der Waals surface area (Å²) in [5.74, 6) is -0.132. The summed E-state index contributed by atoms with van der Waals surface area (Å²) in [4.78, 5) is 11.0. The minimum atomic E-state index is -0.372. The first kappa shape index (κ1) is 9.86. The van der Waals surface area contributed by atoms with Crippen molar-refractivity contribution in [3.63, 3.8) is 0 Å². The van der Waals surface area contributed by atoms with Gasteiger partial charge >= 0.3 is 5.97 Å². The number of carbonyl (C=O) groups is 1. The average molecular weight is 190 g/mol. The molecule has 12 heavy (non-hydrogen) atoms. The Morgan fingerprint density at radius 1 is 1.67 bits per heavy atom.